The van der Waals surface area contributed by atoms with E-state index < -0.39 is 0 Å². The Morgan fingerprint density at radius 3 is 2.57 bits per heavy atom. The van der Waals surface area contributed by atoms with Crippen LogP contribution in [-0.2, 0) is 0 Å². The zero-order chi connectivity index (χ0) is 19.3. The van der Waals surface area contributed by atoms with Crippen LogP contribution < -0.4 is 4.74 Å². The minimum absolute atomic E-state index is 0.238. The summed E-state index contributed by atoms with van der Waals surface area (Å²) in [4.78, 5) is 2.54. The lowest BCUT2D eigenvalue weighted by Crippen LogP contribution is -2.59. The Hall–Kier alpha value is -1.85. The third kappa shape index (κ3) is 2.96. The van der Waals surface area contributed by atoms with Crippen molar-refractivity contribution in [3.8, 4) is 5.75 Å². The molecule has 0 bridgehead atoms. The molecule has 1 saturated heterocycles. The van der Waals surface area contributed by atoms with Gasteiger partial charge in [0.2, 0.25) is 5.72 Å². The third-order valence-electron chi connectivity index (χ3n) is 6.38. The van der Waals surface area contributed by atoms with Crippen molar-refractivity contribution in [2.45, 2.75) is 50.9 Å². The standard InChI is InChI=1S/C23H26BrN3O/c1-16(2)26-12-10-23(11-13-26)27-21(19-14-18(24)8-9-22(19)28-23)15-20(25-27)17-6-4-3-5-7-17/h3-9,14,16,21H,10-13,15H2,1-2H3/t21-/m1/s1. The van der Waals surface area contributed by atoms with Gasteiger partial charge in [-0.1, -0.05) is 46.3 Å². The lowest BCUT2D eigenvalue weighted by atomic mass is 9.90. The molecule has 3 aliphatic rings. The fourth-order valence-corrected chi connectivity index (χ4v) is 5.16. The van der Waals surface area contributed by atoms with Crippen molar-refractivity contribution in [2.24, 2.45) is 5.10 Å². The molecule has 2 aromatic rings. The van der Waals surface area contributed by atoms with Gasteiger partial charge in [0.1, 0.15) is 5.75 Å². The number of hydrazone groups is 1. The number of nitrogens with zero attached hydrogens (tertiary/aromatic N) is 3. The van der Waals surface area contributed by atoms with Crippen LogP contribution in [0.2, 0.25) is 0 Å². The molecule has 3 heterocycles. The second-order valence-corrected chi connectivity index (χ2v) is 9.25. The Labute approximate surface area is 175 Å². The summed E-state index contributed by atoms with van der Waals surface area (Å²) < 4.78 is 7.80. The molecule has 3 aliphatic heterocycles. The molecule has 0 radical (unpaired) electrons. The van der Waals surface area contributed by atoms with Gasteiger partial charge in [-0.15, -0.1) is 0 Å². The maximum absolute atomic E-state index is 6.71. The van der Waals surface area contributed by atoms with Crippen LogP contribution in [0.1, 0.15) is 50.3 Å². The van der Waals surface area contributed by atoms with E-state index in [1.165, 1.54) is 11.1 Å². The van der Waals surface area contributed by atoms with Crippen molar-refractivity contribution in [1.29, 1.82) is 0 Å². The van der Waals surface area contributed by atoms with Crippen LogP contribution in [0.25, 0.3) is 0 Å². The summed E-state index contributed by atoms with van der Waals surface area (Å²) in [6.07, 6.45) is 2.87. The molecule has 146 valence electrons. The Morgan fingerprint density at radius 1 is 1.11 bits per heavy atom. The van der Waals surface area contributed by atoms with Crippen molar-refractivity contribution in [2.75, 3.05) is 13.1 Å². The lowest BCUT2D eigenvalue weighted by Gasteiger charge is -2.51. The molecule has 1 atom stereocenters. The largest absolute Gasteiger partial charge is 0.466 e. The van der Waals surface area contributed by atoms with Crippen molar-refractivity contribution >= 4 is 21.6 Å². The molecule has 0 saturated carbocycles. The highest BCUT2D eigenvalue weighted by molar-refractivity contribution is 9.10. The van der Waals surface area contributed by atoms with Crippen LogP contribution in [0.5, 0.6) is 5.75 Å². The normalized spacial score (nSPS) is 23.4. The molecule has 5 rings (SSSR count). The summed E-state index contributed by atoms with van der Waals surface area (Å²) >= 11 is 3.64. The molecule has 1 spiro atoms. The Morgan fingerprint density at radius 2 is 1.86 bits per heavy atom. The number of hydrogen-bond acceptors (Lipinski definition) is 4. The molecular formula is C23H26BrN3O. The van der Waals surface area contributed by atoms with Crippen LogP contribution in [0, 0.1) is 0 Å². The molecule has 4 nitrogen and oxygen atoms in total. The monoisotopic (exact) mass is 439 g/mol. The second kappa shape index (κ2) is 6.89. The van der Waals surface area contributed by atoms with Gasteiger partial charge in [-0.25, -0.2) is 5.01 Å². The van der Waals surface area contributed by atoms with Crippen LogP contribution in [0.3, 0.4) is 0 Å². The maximum atomic E-state index is 6.71. The highest BCUT2D eigenvalue weighted by Gasteiger charge is 2.51. The number of rotatable bonds is 2. The molecule has 0 aliphatic carbocycles. The molecule has 0 amide bonds. The first-order chi connectivity index (χ1) is 13.6. The molecule has 0 aromatic heterocycles. The third-order valence-corrected chi connectivity index (χ3v) is 6.87. The van der Waals surface area contributed by atoms with Crippen molar-refractivity contribution in [3.05, 3.63) is 64.1 Å². The first kappa shape index (κ1) is 18.2. The predicted octanol–water partition coefficient (Wildman–Crippen LogP) is 5.19. The highest BCUT2D eigenvalue weighted by atomic mass is 79.9. The number of fused-ring (bicyclic) bond motifs is 4. The van der Waals surface area contributed by atoms with Crippen molar-refractivity contribution in [1.82, 2.24) is 9.91 Å². The first-order valence-corrected chi connectivity index (χ1v) is 11.0. The van der Waals surface area contributed by atoms with Crippen LogP contribution in [0.4, 0.5) is 0 Å². The zero-order valence-electron chi connectivity index (χ0n) is 16.4. The number of likely N-dealkylation sites (tertiary alicyclic amines) is 1. The topological polar surface area (TPSA) is 28.1 Å². The first-order valence-electron chi connectivity index (χ1n) is 10.2. The Kier molecular flexibility index (Phi) is 4.48. The van der Waals surface area contributed by atoms with E-state index in [1.54, 1.807) is 0 Å². The van der Waals surface area contributed by atoms with E-state index in [4.69, 9.17) is 9.84 Å². The van der Waals surface area contributed by atoms with Gasteiger partial charge in [-0.3, -0.25) is 0 Å². The Bertz CT molecular complexity index is 903. The van der Waals surface area contributed by atoms with E-state index in [9.17, 15) is 0 Å². The number of halogens is 1. The van der Waals surface area contributed by atoms with E-state index in [0.717, 1.165) is 48.3 Å². The van der Waals surface area contributed by atoms with Gasteiger partial charge < -0.3 is 9.64 Å². The summed E-state index contributed by atoms with van der Waals surface area (Å²) in [7, 11) is 0. The number of benzene rings is 2. The van der Waals surface area contributed by atoms with E-state index in [-0.39, 0.29) is 11.8 Å². The Balaban J connectivity index is 1.55. The lowest BCUT2D eigenvalue weighted by molar-refractivity contribution is -0.152. The molecule has 1 fully saturated rings. The van der Waals surface area contributed by atoms with E-state index >= 15 is 0 Å². The summed E-state index contributed by atoms with van der Waals surface area (Å²) in [5.41, 5.74) is 3.27. The van der Waals surface area contributed by atoms with Gasteiger partial charge >= 0.3 is 0 Å². The van der Waals surface area contributed by atoms with Crippen LogP contribution >= 0.6 is 15.9 Å². The van der Waals surface area contributed by atoms with Gasteiger partial charge in [-0.2, -0.15) is 5.10 Å². The number of piperidine rings is 1. The minimum Gasteiger partial charge on any atom is -0.466 e. The fraction of sp³-hybridized carbons (Fsp3) is 0.435. The maximum Gasteiger partial charge on any atom is 0.200 e. The highest BCUT2D eigenvalue weighted by Crippen LogP contribution is 2.50. The average molecular weight is 440 g/mol. The SMILES string of the molecule is CC(C)N1CCC2(CC1)Oc1ccc(Br)cc1[C@H]1CC(c3ccccc3)=NN12. The molecule has 5 heteroatoms. The number of ether oxygens (including phenoxy) is 1. The van der Waals surface area contributed by atoms with Crippen LogP contribution in [-0.4, -0.2) is 40.5 Å². The fourth-order valence-electron chi connectivity index (χ4n) is 4.78. The van der Waals surface area contributed by atoms with Gasteiger partial charge in [0, 0.05) is 48.4 Å². The van der Waals surface area contributed by atoms with Gasteiger partial charge in [0.25, 0.3) is 0 Å². The molecule has 28 heavy (non-hydrogen) atoms. The molecule has 0 N–H and O–H groups in total. The smallest absolute Gasteiger partial charge is 0.200 e. The quantitative estimate of drug-likeness (QED) is 0.643. The minimum atomic E-state index is -0.340. The molecular weight excluding hydrogens is 414 g/mol. The zero-order valence-corrected chi connectivity index (χ0v) is 18.0. The van der Waals surface area contributed by atoms with Gasteiger partial charge in [0.15, 0.2) is 0 Å². The van der Waals surface area contributed by atoms with E-state index in [0.29, 0.717) is 6.04 Å². The summed E-state index contributed by atoms with van der Waals surface area (Å²) in [6.45, 7) is 6.64. The van der Waals surface area contributed by atoms with Gasteiger partial charge in [-0.05, 0) is 37.6 Å². The van der Waals surface area contributed by atoms with E-state index in [1.807, 2.05) is 0 Å². The summed E-state index contributed by atoms with van der Waals surface area (Å²) in [5.74, 6) is 1.02. The van der Waals surface area contributed by atoms with Crippen molar-refractivity contribution in [3.63, 3.8) is 0 Å². The second-order valence-electron chi connectivity index (χ2n) is 8.34. The van der Waals surface area contributed by atoms with E-state index in [2.05, 4.69) is 88.2 Å². The molecule has 2 aromatic carbocycles. The van der Waals surface area contributed by atoms with Crippen molar-refractivity contribution < 1.29 is 4.74 Å². The summed E-state index contributed by atoms with van der Waals surface area (Å²) in [6, 6.07) is 17.8. The average Bonchev–Trinajstić information content (AvgIpc) is 3.17. The molecule has 0 unspecified atom stereocenters. The van der Waals surface area contributed by atoms with Crippen LogP contribution in [0.15, 0.2) is 58.1 Å². The number of hydrogen-bond donors (Lipinski definition) is 0. The van der Waals surface area contributed by atoms with Gasteiger partial charge in [0.05, 0.1) is 11.8 Å². The predicted molar refractivity (Wildman–Crippen MR) is 116 cm³/mol. The summed E-state index contributed by atoms with van der Waals surface area (Å²) in [5, 5.41) is 7.44.